The molecule has 6 nitrogen and oxygen atoms in total. The molecule has 1 unspecified atom stereocenters. The molecule has 0 radical (unpaired) electrons. The van der Waals surface area contributed by atoms with E-state index in [1.54, 1.807) is 4.90 Å². The first-order valence-electron chi connectivity index (χ1n) is 6.07. The summed E-state index contributed by atoms with van der Waals surface area (Å²) in [4.78, 5) is 24.8. The molecule has 3 N–H and O–H groups in total. The average molecular weight is 243 g/mol. The Bertz CT molecular complexity index is 269. The summed E-state index contributed by atoms with van der Waals surface area (Å²) in [6.07, 6.45) is 1.88. The maximum absolute atomic E-state index is 11.8. The summed E-state index contributed by atoms with van der Waals surface area (Å²) in [6.45, 7) is 4.34. The number of amides is 2. The molecule has 17 heavy (non-hydrogen) atoms. The number of likely N-dealkylation sites (tertiary alicyclic amines) is 1. The largest absolute Gasteiger partial charge is 0.377 e. The van der Waals surface area contributed by atoms with E-state index in [1.807, 2.05) is 6.92 Å². The topological polar surface area (TPSA) is 84.7 Å². The van der Waals surface area contributed by atoms with Crippen molar-refractivity contribution in [3.63, 3.8) is 0 Å². The van der Waals surface area contributed by atoms with Gasteiger partial charge in [-0.25, -0.2) is 0 Å². The Kier molecular flexibility index (Phi) is 5.93. The molecule has 1 aliphatic rings. The number of hydrogen-bond acceptors (Lipinski definition) is 4. The number of carbonyl (C=O) groups excluding carboxylic acids is 2. The summed E-state index contributed by atoms with van der Waals surface area (Å²) in [5, 5.41) is 2.48. The van der Waals surface area contributed by atoms with E-state index in [4.69, 9.17) is 10.5 Å². The van der Waals surface area contributed by atoms with Gasteiger partial charge in [-0.3, -0.25) is 9.59 Å². The zero-order valence-electron chi connectivity index (χ0n) is 10.3. The molecule has 0 aromatic heterocycles. The second kappa shape index (κ2) is 7.24. The molecule has 2 amide bonds. The molecule has 1 heterocycles. The molecule has 0 spiro atoms. The zero-order valence-corrected chi connectivity index (χ0v) is 10.3. The van der Waals surface area contributed by atoms with Gasteiger partial charge in [0, 0.05) is 32.8 Å². The first-order chi connectivity index (χ1) is 8.19. The molecule has 0 aromatic carbocycles. The standard InChI is InChI=1S/C11H21N3O3/c1-2-17-9-4-3-7-14(8-9)11(16)10(15)13-6-5-12/h9H,2-8,12H2,1H3,(H,13,15). The SMILES string of the molecule is CCOC1CCCN(C(=O)C(=O)NCCN)C1. The van der Waals surface area contributed by atoms with Crippen LogP contribution in [0.15, 0.2) is 0 Å². The minimum Gasteiger partial charge on any atom is -0.377 e. The van der Waals surface area contributed by atoms with Crippen LogP contribution in [-0.2, 0) is 14.3 Å². The lowest BCUT2D eigenvalue weighted by atomic mass is 10.1. The Balaban J connectivity index is 2.42. The lowest BCUT2D eigenvalue weighted by Gasteiger charge is -2.31. The van der Waals surface area contributed by atoms with E-state index >= 15 is 0 Å². The fourth-order valence-corrected chi connectivity index (χ4v) is 1.90. The maximum atomic E-state index is 11.8. The van der Waals surface area contributed by atoms with Gasteiger partial charge in [0.2, 0.25) is 0 Å². The third-order valence-corrected chi connectivity index (χ3v) is 2.69. The lowest BCUT2D eigenvalue weighted by molar-refractivity contribution is -0.148. The Morgan fingerprint density at radius 3 is 2.94 bits per heavy atom. The molecule has 1 saturated heterocycles. The highest BCUT2D eigenvalue weighted by Crippen LogP contribution is 2.13. The minimum absolute atomic E-state index is 0.0556. The van der Waals surface area contributed by atoms with E-state index in [1.165, 1.54) is 0 Å². The van der Waals surface area contributed by atoms with Crippen molar-refractivity contribution in [2.45, 2.75) is 25.9 Å². The molecule has 1 rings (SSSR count). The van der Waals surface area contributed by atoms with Crippen LogP contribution in [0.3, 0.4) is 0 Å². The second-order valence-electron chi connectivity index (χ2n) is 4.02. The predicted molar refractivity (Wildman–Crippen MR) is 63.3 cm³/mol. The number of nitrogens with one attached hydrogen (secondary N) is 1. The average Bonchev–Trinajstić information content (AvgIpc) is 2.35. The first kappa shape index (κ1) is 13.9. The zero-order chi connectivity index (χ0) is 12.7. The lowest BCUT2D eigenvalue weighted by Crippen LogP contribution is -2.49. The smallest absolute Gasteiger partial charge is 0.311 e. The van der Waals surface area contributed by atoms with E-state index in [9.17, 15) is 9.59 Å². The van der Waals surface area contributed by atoms with E-state index in [2.05, 4.69) is 5.32 Å². The van der Waals surface area contributed by atoms with Gasteiger partial charge in [-0.2, -0.15) is 0 Å². The fourth-order valence-electron chi connectivity index (χ4n) is 1.90. The summed E-state index contributed by atoms with van der Waals surface area (Å²) in [6, 6.07) is 0. The van der Waals surface area contributed by atoms with Crippen LogP contribution >= 0.6 is 0 Å². The molecular weight excluding hydrogens is 222 g/mol. The van der Waals surface area contributed by atoms with Crippen molar-refractivity contribution in [2.75, 3.05) is 32.8 Å². The van der Waals surface area contributed by atoms with Gasteiger partial charge in [-0.15, -0.1) is 0 Å². The molecule has 0 saturated carbocycles. The summed E-state index contributed by atoms with van der Waals surface area (Å²) in [5.41, 5.74) is 5.26. The van der Waals surface area contributed by atoms with Crippen LogP contribution in [0.25, 0.3) is 0 Å². The van der Waals surface area contributed by atoms with Gasteiger partial charge in [0.05, 0.1) is 6.10 Å². The van der Waals surface area contributed by atoms with Gasteiger partial charge in [0.1, 0.15) is 0 Å². The van der Waals surface area contributed by atoms with Crippen LogP contribution in [0.2, 0.25) is 0 Å². The van der Waals surface area contributed by atoms with Gasteiger partial charge in [0.15, 0.2) is 0 Å². The number of ether oxygens (including phenoxy) is 1. The normalized spacial score (nSPS) is 20.1. The molecule has 0 aliphatic carbocycles. The fraction of sp³-hybridized carbons (Fsp3) is 0.818. The van der Waals surface area contributed by atoms with Crippen LogP contribution in [0.4, 0.5) is 0 Å². The molecule has 1 aliphatic heterocycles. The highest BCUT2D eigenvalue weighted by molar-refractivity contribution is 6.35. The van der Waals surface area contributed by atoms with Crippen LogP contribution in [0, 0.1) is 0 Å². The van der Waals surface area contributed by atoms with Crippen LogP contribution in [0.1, 0.15) is 19.8 Å². The summed E-state index contributed by atoms with van der Waals surface area (Å²) in [7, 11) is 0. The van der Waals surface area contributed by atoms with E-state index in [-0.39, 0.29) is 6.10 Å². The predicted octanol–water partition coefficient (Wildman–Crippen LogP) is -0.911. The number of nitrogens with two attached hydrogens (primary N) is 1. The highest BCUT2D eigenvalue weighted by atomic mass is 16.5. The van der Waals surface area contributed by atoms with Gasteiger partial charge < -0.3 is 20.7 Å². The van der Waals surface area contributed by atoms with E-state index < -0.39 is 11.8 Å². The number of rotatable bonds is 4. The first-order valence-corrected chi connectivity index (χ1v) is 6.07. The third-order valence-electron chi connectivity index (χ3n) is 2.69. The molecule has 6 heteroatoms. The maximum Gasteiger partial charge on any atom is 0.311 e. The second-order valence-corrected chi connectivity index (χ2v) is 4.02. The van der Waals surface area contributed by atoms with Crippen LogP contribution < -0.4 is 11.1 Å². The van der Waals surface area contributed by atoms with Gasteiger partial charge in [-0.05, 0) is 19.8 Å². The third kappa shape index (κ3) is 4.32. The van der Waals surface area contributed by atoms with E-state index in [0.29, 0.717) is 32.8 Å². The van der Waals surface area contributed by atoms with Gasteiger partial charge in [-0.1, -0.05) is 0 Å². The van der Waals surface area contributed by atoms with Crippen molar-refractivity contribution in [2.24, 2.45) is 5.73 Å². The Labute approximate surface area is 101 Å². The number of carbonyl (C=O) groups is 2. The summed E-state index contributed by atoms with van der Waals surface area (Å²) in [5.74, 6) is -1.06. The molecule has 98 valence electrons. The van der Waals surface area contributed by atoms with Crippen molar-refractivity contribution in [3.8, 4) is 0 Å². The molecule has 1 atom stereocenters. The molecular formula is C11H21N3O3. The molecule has 0 aromatic rings. The Hall–Kier alpha value is -1.14. The highest BCUT2D eigenvalue weighted by Gasteiger charge is 2.27. The van der Waals surface area contributed by atoms with Crippen LogP contribution in [-0.4, -0.2) is 55.6 Å². The summed E-state index contributed by atoms with van der Waals surface area (Å²) >= 11 is 0. The van der Waals surface area contributed by atoms with Crippen molar-refractivity contribution < 1.29 is 14.3 Å². The van der Waals surface area contributed by atoms with Crippen molar-refractivity contribution in [1.29, 1.82) is 0 Å². The number of piperidine rings is 1. The number of hydrogen-bond donors (Lipinski definition) is 2. The van der Waals surface area contributed by atoms with Gasteiger partial charge >= 0.3 is 11.8 Å². The van der Waals surface area contributed by atoms with E-state index in [0.717, 1.165) is 12.8 Å². The minimum atomic E-state index is -0.576. The quantitative estimate of drug-likeness (QED) is 0.626. The number of nitrogens with zero attached hydrogens (tertiary/aromatic N) is 1. The van der Waals surface area contributed by atoms with Crippen molar-refractivity contribution >= 4 is 11.8 Å². The summed E-state index contributed by atoms with van der Waals surface area (Å²) < 4.78 is 5.48. The Morgan fingerprint density at radius 1 is 1.53 bits per heavy atom. The van der Waals surface area contributed by atoms with Crippen LogP contribution in [0.5, 0.6) is 0 Å². The molecule has 0 bridgehead atoms. The van der Waals surface area contributed by atoms with Gasteiger partial charge in [0.25, 0.3) is 0 Å². The monoisotopic (exact) mass is 243 g/mol. The van der Waals surface area contributed by atoms with Crippen molar-refractivity contribution in [3.05, 3.63) is 0 Å². The van der Waals surface area contributed by atoms with Crippen molar-refractivity contribution in [1.82, 2.24) is 10.2 Å². The Morgan fingerprint density at radius 2 is 2.29 bits per heavy atom. The molecule has 1 fully saturated rings.